The summed E-state index contributed by atoms with van der Waals surface area (Å²) in [5.74, 6) is -0.535. The second-order valence-corrected chi connectivity index (χ2v) is 9.69. The summed E-state index contributed by atoms with van der Waals surface area (Å²) in [6, 6.07) is 11.6. The molecular weight excluding hydrogens is 451 g/mol. The lowest BCUT2D eigenvalue weighted by Crippen LogP contribution is -2.39. The summed E-state index contributed by atoms with van der Waals surface area (Å²) in [6.07, 6.45) is -3.60. The number of rotatable bonds is 4. The number of nitrogens with zero attached hydrogens (tertiary/aromatic N) is 2. The maximum absolute atomic E-state index is 12.9. The molecule has 0 spiro atoms. The van der Waals surface area contributed by atoms with E-state index in [1.165, 1.54) is 17.2 Å². The summed E-state index contributed by atoms with van der Waals surface area (Å²) >= 11 is 1.15. The van der Waals surface area contributed by atoms with Gasteiger partial charge in [0.15, 0.2) is 0 Å². The molecule has 1 saturated heterocycles. The lowest BCUT2D eigenvalue weighted by Gasteiger charge is -2.27. The van der Waals surface area contributed by atoms with E-state index in [4.69, 9.17) is 0 Å². The number of alkyl halides is 3. The van der Waals surface area contributed by atoms with Gasteiger partial charge in [0, 0.05) is 44.0 Å². The molecule has 2 amide bonds. The number of benzene rings is 2. The minimum atomic E-state index is -4.48. The van der Waals surface area contributed by atoms with Crippen LogP contribution in [-0.4, -0.2) is 53.0 Å². The van der Waals surface area contributed by atoms with Crippen LogP contribution in [0.2, 0.25) is 0 Å². The third kappa shape index (κ3) is 5.70. The first kappa shape index (κ1) is 23.6. The number of nitrogens with one attached hydrogen (secondary N) is 1. The third-order valence-corrected chi connectivity index (χ3v) is 7.36. The van der Waals surface area contributed by atoms with Gasteiger partial charge in [-0.3, -0.25) is 14.5 Å². The Bertz CT molecular complexity index is 1040. The van der Waals surface area contributed by atoms with Crippen molar-refractivity contribution >= 4 is 29.3 Å². The highest BCUT2D eigenvalue weighted by Crippen LogP contribution is 2.40. The van der Waals surface area contributed by atoms with Gasteiger partial charge in [-0.15, -0.1) is 11.8 Å². The Hall–Kier alpha value is -2.52. The number of hydrogen-bond donors (Lipinski definition) is 1. The van der Waals surface area contributed by atoms with Crippen molar-refractivity contribution in [3.63, 3.8) is 0 Å². The van der Waals surface area contributed by atoms with Gasteiger partial charge in [-0.1, -0.05) is 24.3 Å². The summed E-state index contributed by atoms with van der Waals surface area (Å²) < 4.78 is 38.8. The predicted octanol–water partition coefficient (Wildman–Crippen LogP) is 4.55. The zero-order chi connectivity index (χ0) is 23.6. The van der Waals surface area contributed by atoms with Crippen LogP contribution < -0.4 is 5.32 Å². The van der Waals surface area contributed by atoms with Gasteiger partial charge in [-0.25, -0.2) is 0 Å². The largest absolute Gasteiger partial charge is 0.416 e. The van der Waals surface area contributed by atoms with Crippen molar-refractivity contribution in [1.82, 2.24) is 9.80 Å². The van der Waals surface area contributed by atoms with Crippen LogP contribution in [0.1, 0.15) is 29.5 Å². The Morgan fingerprint density at radius 2 is 1.91 bits per heavy atom. The number of amides is 2. The van der Waals surface area contributed by atoms with Crippen LogP contribution in [0.15, 0.2) is 47.4 Å². The van der Waals surface area contributed by atoms with Gasteiger partial charge < -0.3 is 10.2 Å². The number of carbonyl (C=O) groups is 2. The van der Waals surface area contributed by atoms with Gasteiger partial charge in [0.2, 0.25) is 11.8 Å². The Balaban J connectivity index is 1.34. The van der Waals surface area contributed by atoms with Gasteiger partial charge in [-0.2, -0.15) is 13.2 Å². The lowest BCUT2D eigenvalue weighted by atomic mass is 10.1. The second kappa shape index (κ2) is 9.77. The van der Waals surface area contributed by atoms with Crippen molar-refractivity contribution in [2.45, 2.75) is 42.6 Å². The normalized spacial score (nSPS) is 19.6. The molecule has 0 bridgehead atoms. The fourth-order valence-electron chi connectivity index (χ4n) is 4.16. The van der Waals surface area contributed by atoms with E-state index in [1.807, 2.05) is 12.1 Å². The van der Waals surface area contributed by atoms with Crippen LogP contribution in [-0.2, 0) is 22.3 Å². The number of halogens is 3. The van der Waals surface area contributed by atoms with Crippen molar-refractivity contribution in [3.05, 3.63) is 59.2 Å². The highest BCUT2D eigenvalue weighted by molar-refractivity contribution is 8.01. The van der Waals surface area contributed by atoms with E-state index in [1.54, 1.807) is 4.90 Å². The van der Waals surface area contributed by atoms with E-state index >= 15 is 0 Å². The van der Waals surface area contributed by atoms with E-state index in [0.717, 1.165) is 49.9 Å². The molecule has 1 unspecified atom stereocenters. The zero-order valence-electron chi connectivity index (χ0n) is 18.3. The van der Waals surface area contributed by atoms with Crippen LogP contribution >= 0.6 is 11.8 Å². The average molecular weight is 478 g/mol. The van der Waals surface area contributed by atoms with E-state index < -0.39 is 22.9 Å². The molecule has 33 heavy (non-hydrogen) atoms. The summed E-state index contributed by atoms with van der Waals surface area (Å²) in [6.45, 7) is 5.81. The van der Waals surface area contributed by atoms with Crippen molar-refractivity contribution < 1.29 is 22.8 Å². The minimum absolute atomic E-state index is 0.0226. The zero-order valence-corrected chi connectivity index (χ0v) is 19.1. The molecule has 2 heterocycles. The van der Waals surface area contributed by atoms with Gasteiger partial charge in [0.05, 0.1) is 16.5 Å². The molecule has 1 fully saturated rings. The van der Waals surface area contributed by atoms with Crippen LogP contribution in [0.3, 0.4) is 0 Å². The monoisotopic (exact) mass is 477 g/mol. The number of anilines is 1. The van der Waals surface area contributed by atoms with E-state index in [9.17, 15) is 22.8 Å². The number of carbonyl (C=O) groups excluding carboxylic acids is 2. The van der Waals surface area contributed by atoms with Gasteiger partial charge in [-0.05, 0) is 42.7 Å². The second-order valence-electron chi connectivity index (χ2n) is 8.45. The van der Waals surface area contributed by atoms with Crippen molar-refractivity contribution in [1.29, 1.82) is 0 Å². The van der Waals surface area contributed by atoms with E-state index in [2.05, 4.69) is 29.3 Å². The van der Waals surface area contributed by atoms with Crippen molar-refractivity contribution in [3.8, 4) is 0 Å². The predicted molar refractivity (Wildman–Crippen MR) is 122 cm³/mol. The fourth-order valence-corrected chi connectivity index (χ4v) is 5.24. The van der Waals surface area contributed by atoms with E-state index in [0.29, 0.717) is 18.0 Å². The van der Waals surface area contributed by atoms with Crippen LogP contribution in [0, 0.1) is 6.92 Å². The summed E-state index contributed by atoms with van der Waals surface area (Å²) in [5, 5.41) is 1.88. The Labute approximate surface area is 195 Å². The Kier molecular flexibility index (Phi) is 6.99. The van der Waals surface area contributed by atoms with Crippen LogP contribution in [0.5, 0.6) is 0 Å². The summed E-state index contributed by atoms with van der Waals surface area (Å²) in [5.41, 5.74) is 1.86. The molecule has 2 aliphatic rings. The molecule has 176 valence electrons. The van der Waals surface area contributed by atoms with Gasteiger partial charge >= 0.3 is 6.18 Å². The molecule has 2 aliphatic heterocycles. The topological polar surface area (TPSA) is 52.6 Å². The maximum atomic E-state index is 12.9. The number of aryl methyl sites for hydroxylation is 1. The molecule has 9 heteroatoms. The minimum Gasteiger partial charge on any atom is -0.341 e. The number of fused-ring (bicyclic) bond motifs is 1. The Morgan fingerprint density at radius 1 is 1.12 bits per heavy atom. The first-order valence-corrected chi connectivity index (χ1v) is 11.8. The first-order chi connectivity index (χ1) is 15.7. The molecule has 0 aliphatic carbocycles. The van der Waals surface area contributed by atoms with Gasteiger partial charge in [0.25, 0.3) is 0 Å². The highest BCUT2D eigenvalue weighted by atomic mass is 32.2. The van der Waals surface area contributed by atoms with E-state index in [-0.39, 0.29) is 18.0 Å². The van der Waals surface area contributed by atoms with Crippen molar-refractivity contribution in [2.24, 2.45) is 0 Å². The molecule has 2 aromatic carbocycles. The first-order valence-electron chi connectivity index (χ1n) is 10.9. The molecule has 4 rings (SSSR count). The van der Waals surface area contributed by atoms with Crippen LogP contribution in [0.4, 0.5) is 18.9 Å². The summed E-state index contributed by atoms with van der Waals surface area (Å²) in [4.78, 5) is 30.1. The fraction of sp³-hybridized carbons (Fsp3) is 0.417. The third-order valence-electron chi connectivity index (χ3n) is 6.08. The lowest BCUT2D eigenvalue weighted by molar-refractivity contribution is -0.137. The molecule has 0 aromatic heterocycles. The molecule has 0 saturated carbocycles. The highest BCUT2D eigenvalue weighted by Gasteiger charge is 2.35. The molecular formula is C24H26F3N3O2S. The molecule has 0 radical (unpaired) electrons. The SMILES string of the molecule is Cc1ccccc1CN1CCCN(C(=O)CC2Sc3ccc(C(F)(F)F)cc3NC2=O)CC1. The van der Waals surface area contributed by atoms with Crippen molar-refractivity contribution in [2.75, 3.05) is 31.5 Å². The summed E-state index contributed by atoms with van der Waals surface area (Å²) in [7, 11) is 0. The Morgan fingerprint density at radius 3 is 2.67 bits per heavy atom. The molecule has 2 aromatic rings. The number of thioether (sulfide) groups is 1. The van der Waals surface area contributed by atoms with Crippen LogP contribution in [0.25, 0.3) is 0 Å². The maximum Gasteiger partial charge on any atom is 0.416 e. The van der Waals surface area contributed by atoms with Gasteiger partial charge in [0.1, 0.15) is 0 Å². The quantitative estimate of drug-likeness (QED) is 0.702. The molecule has 1 N–H and O–H groups in total. The molecule has 1 atom stereocenters. The molecule has 5 nitrogen and oxygen atoms in total. The average Bonchev–Trinajstić information content (AvgIpc) is 3.00. The smallest absolute Gasteiger partial charge is 0.341 e. The number of hydrogen-bond acceptors (Lipinski definition) is 4. The standard InChI is InChI=1S/C24H26F3N3O2S/c1-16-5-2-3-6-17(16)15-29-9-4-10-30(12-11-29)22(31)14-21-23(32)28-19-13-18(24(25,26)27)7-8-20(19)33-21/h2-3,5-8,13,21H,4,9-12,14-15H2,1H3,(H,28,32).